The summed E-state index contributed by atoms with van der Waals surface area (Å²) in [6, 6.07) is 0. The first-order valence-corrected chi connectivity index (χ1v) is 7.02. The predicted molar refractivity (Wildman–Crippen MR) is 67.6 cm³/mol. The number of nitrogens with zero attached hydrogens (tertiary/aromatic N) is 1. The normalized spacial score (nSPS) is 24.1. The van der Waals surface area contributed by atoms with Crippen molar-refractivity contribution in [3.05, 3.63) is 0 Å². The van der Waals surface area contributed by atoms with Crippen LogP contribution in [0.3, 0.4) is 0 Å². The van der Waals surface area contributed by atoms with Crippen molar-refractivity contribution >= 4 is 5.71 Å². The largest absolute Gasteiger partial charge is 0.399 e. The molecule has 2 nitrogen and oxygen atoms in total. The minimum absolute atomic E-state index is 0.733. The molecule has 92 valence electrons. The molecule has 0 aromatic rings. The Hall–Kier alpha value is -0.530. The van der Waals surface area contributed by atoms with Gasteiger partial charge in [-0.1, -0.05) is 43.7 Å². The van der Waals surface area contributed by atoms with Crippen LogP contribution in [0.1, 0.15) is 64.2 Å². The molecule has 0 aromatic heterocycles. The highest BCUT2D eigenvalue weighted by Gasteiger charge is 2.27. The number of hydrogen-bond donors (Lipinski definition) is 0. The van der Waals surface area contributed by atoms with Crippen molar-refractivity contribution in [2.45, 2.75) is 64.2 Å². The lowest BCUT2D eigenvalue weighted by molar-refractivity contribution is 0.204. The molecule has 0 aliphatic heterocycles. The summed E-state index contributed by atoms with van der Waals surface area (Å²) < 4.78 is 0. The number of hydrogen-bond acceptors (Lipinski definition) is 2. The highest BCUT2D eigenvalue weighted by atomic mass is 16.6. The van der Waals surface area contributed by atoms with E-state index in [0.29, 0.717) is 0 Å². The summed E-state index contributed by atoms with van der Waals surface area (Å²) in [6.07, 6.45) is 13.8. The summed E-state index contributed by atoms with van der Waals surface area (Å²) >= 11 is 0. The van der Waals surface area contributed by atoms with E-state index >= 15 is 0 Å². The van der Waals surface area contributed by atoms with Gasteiger partial charge in [0.1, 0.15) is 7.11 Å². The van der Waals surface area contributed by atoms with Gasteiger partial charge in [0.05, 0.1) is 5.71 Å². The van der Waals surface area contributed by atoms with Gasteiger partial charge in [0.25, 0.3) is 0 Å². The van der Waals surface area contributed by atoms with E-state index < -0.39 is 0 Å². The van der Waals surface area contributed by atoms with Gasteiger partial charge < -0.3 is 4.84 Å². The van der Waals surface area contributed by atoms with E-state index in [1.165, 1.54) is 69.9 Å². The lowest BCUT2D eigenvalue weighted by Crippen LogP contribution is -2.27. The minimum atomic E-state index is 0.733. The quantitative estimate of drug-likeness (QED) is 0.520. The maximum absolute atomic E-state index is 5.10. The third kappa shape index (κ3) is 2.99. The molecule has 2 aliphatic rings. The molecule has 2 aliphatic carbocycles. The molecular weight excluding hydrogens is 198 g/mol. The topological polar surface area (TPSA) is 21.6 Å². The molecule has 0 bridgehead atoms. The van der Waals surface area contributed by atoms with Crippen LogP contribution in [0.15, 0.2) is 5.16 Å². The zero-order valence-electron chi connectivity index (χ0n) is 10.6. The number of oxime groups is 1. The van der Waals surface area contributed by atoms with Gasteiger partial charge in [-0.3, -0.25) is 0 Å². The molecule has 0 heterocycles. The molecule has 2 rings (SSSR count). The van der Waals surface area contributed by atoms with Crippen molar-refractivity contribution in [1.29, 1.82) is 0 Å². The zero-order valence-corrected chi connectivity index (χ0v) is 10.6. The molecule has 0 unspecified atom stereocenters. The first-order chi connectivity index (χ1) is 7.92. The van der Waals surface area contributed by atoms with Crippen LogP contribution in [-0.2, 0) is 4.84 Å². The van der Waals surface area contributed by atoms with Gasteiger partial charge in [0, 0.05) is 11.8 Å². The molecule has 0 N–H and O–H groups in total. The summed E-state index contributed by atoms with van der Waals surface area (Å²) in [5.41, 5.74) is 1.40. The Bertz CT molecular complexity index is 205. The third-order valence-electron chi connectivity index (χ3n) is 4.24. The van der Waals surface area contributed by atoms with Gasteiger partial charge in [-0.15, -0.1) is 0 Å². The molecule has 0 radical (unpaired) electrons. The van der Waals surface area contributed by atoms with Crippen molar-refractivity contribution in [2.75, 3.05) is 7.11 Å². The van der Waals surface area contributed by atoms with Crippen LogP contribution >= 0.6 is 0 Å². The molecule has 16 heavy (non-hydrogen) atoms. The summed E-state index contributed by atoms with van der Waals surface area (Å²) in [5.74, 6) is 1.47. The average molecular weight is 223 g/mol. The van der Waals surface area contributed by atoms with Crippen molar-refractivity contribution in [1.82, 2.24) is 0 Å². The van der Waals surface area contributed by atoms with Gasteiger partial charge in [0.15, 0.2) is 0 Å². The van der Waals surface area contributed by atoms with Crippen LogP contribution < -0.4 is 0 Å². The highest BCUT2D eigenvalue weighted by molar-refractivity contribution is 5.88. The smallest absolute Gasteiger partial charge is 0.106 e. The van der Waals surface area contributed by atoms with E-state index in [-0.39, 0.29) is 0 Å². The van der Waals surface area contributed by atoms with Crippen LogP contribution in [0.5, 0.6) is 0 Å². The van der Waals surface area contributed by atoms with E-state index in [1.54, 1.807) is 7.11 Å². The van der Waals surface area contributed by atoms with E-state index in [2.05, 4.69) is 5.16 Å². The molecule has 0 aromatic carbocycles. The fraction of sp³-hybridized carbons (Fsp3) is 0.929. The Morgan fingerprint density at radius 3 is 1.62 bits per heavy atom. The molecular formula is C14H25NO. The summed E-state index contributed by atoms with van der Waals surface area (Å²) in [5, 5.41) is 4.39. The first kappa shape index (κ1) is 11.9. The molecule has 2 fully saturated rings. The maximum atomic E-state index is 5.10. The maximum Gasteiger partial charge on any atom is 0.106 e. The van der Waals surface area contributed by atoms with Crippen molar-refractivity contribution in [3.63, 3.8) is 0 Å². The fourth-order valence-electron chi connectivity index (χ4n) is 3.38. The molecule has 0 atom stereocenters. The van der Waals surface area contributed by atoms with Crippen LogP contribution in [0.4, 0.5) is 0 Å². The van der Waals surface area contributed by atoms with E-state index in [0.717, 1.165) is 11.8 Å². The SMILES string of the molecule is CON=C(C1CCCCC1)C1CCCCC1. The van der Waals surface area contributed by atoms with Gasteiger partial charge in [0.2, 0.25) is 0 Å². The summed E-state index contributed by atoms with van der Waals surface area (Å²) in [7, 11) is 1.70. The Morgan fingerprint density at radius 1 is 0.812 bits per heavy atom. The standard InChI is InChI=1S/C14H25NO/c1-16-15-14(12-8-4-2-5-9-12)13-10-6-3-7-11-13/h12-13H,2-11H2,1H3. The van der Waals surface area contributed by atoms with Crippen LogP contribution in [0.2, 0.25) is 0 Å². The summed E-state index contributed by atoms with van der Waals surface area (Å²) in [6.45, 7) is 0. The lowest BCUT2D eigenvalue weighted by atomic mass is 9.76. The second kappa shape index (κ2) is 6.27. The van der Waals surface area contributed by atoms with E-state index in [4.69, 9.17) is 4.84 Å². The molecule has 0 amide bonds. The Labute approximate surface area is 99.4 Å². The van der Waals surface area contributed by atoms with Gasteiger partial charge in [-0.05, 0) is 25.7 Å². The predicted octanol–water partition coefficient (Wildman–Crippen LogP) is 4.15. The van der Waals surface area contributed by atoms with Crippen molar-refractivity contribution in [3.8, 4) is 0 Å². The Balaban J connectivity index is 2.00. The third-order valence-corrected chi connectivity index (χ3v) is 4.24. The first-order valence-electron chi connectivity index (χ1n) is 7.02. The van der Waals surface area contributed by atoms with Gasteiger partial charge in [-0.25, -0.2) is 0 Å². The van der Waals surface area contributed by atoms with Gasteiger partial charge in [-0.2, -0.15) is 0 Å². The zero-order chi connectivity index (χ0) is 11.2. The molecule has 2 heteroatoms. The Kier molecular flexibility index (Phi) is 4.68. The molecule has 0 saturated heterocycles. The molecule has 0 spiro atoms. The van der Waals surface area contributed by atoms with E-state index in [9.17, 15) is 0 Å². The Morgan fingerprint density at radius 2 is 1.25 bits per heavy atom. The highest BCUT2D eigenvalue weighted by Crippen LogP contribution is 2.33. The van der Waals surface area contributed by atoms with Crippen molar-refractivity contribution in [2.24, 2.45) is 17.0 Å². The van der Waals surface area contributed by atoms with Gasteiger partial charge >= 0.3 is 0 Å². The lowest BCUT2D eigenvalue weighted by Gasteiger charge is -2.30. The monoisotopic (exact) mass is 223 g/mol. The van der Waals surface area contributed by atoms with Crippen LogP contribution in [-0.4, -0.2) is 12.8 Å². The fourth-order valence-corrected chi connectivity index (χ4v) is 3.38. The molecule has 2 saturated carbocycles. The second-order valence-corrected chi connectivity index (χ2v) is 5.37. The van der Waals surface area contributed by atoms with E-state index in [1.807, 2.05) is 0 Å². The van der Waals surface area contributed by atoms with Crippen LogP contribution in [0, 0.1) is 11.8 Å². The minimum Gasteiger partial charge on any atom is -0.399 e. The van der Waals surface area contributed by atoms with Crippen molar-refractivity contribution < 1.29 is 4.84 Å². The number of rotatable bonds is 3. The second-order valence-electron chi connectivity index (χ2n) is 5.37. The summed E-state index contributed by atoms with van der Waals surface area (Å²) in [4.78, 5) is 5.10. The average Bonchev–Trinajstić information content (AvgIpc) is 2.38. The van der Waals surface area contributed by atoms with Crippen LogP contribution in [0.25, 0.3) is 0 Å².